The Morgan fingerprint density at radius 1 is 1.35 bits per heavy atom. The Bertz CT molecular complexity index is 830. The van der Waals surface area contributed by atoms with Crippen molar-refractivity contribution in [3.05, 3.63) is 61.5 Å². The lowest BCUT2D eigenvalue weighted by molar-refractivity contribution is 0.102. The Morgan fingerprint density at radius 3 is 2.91 bits per heavy atom. The summed E-state index contributed by atoms with van der Waals surface area (Å²) in [6, 6.07) is 6.65. The van der Waals surface area contributed by atoms with Crippen molar-refractivity contribution in [2.24, 2.45) is 5.92 Å². The lowest BCUT2D eigenvalue weighted by Gasteiger charge is -2.21. The fourth-order valence-corrected chi connectivity index (χ4v) is 3.19. The molecule has 0 saturated carbocycles. The molecule has 0 aliphatic heterocycles. The van der Waals surface area contributed by atoms with E-state index < -0.39 is 5.91 Å². The van der Waals surface area contributed by atoms with Gasteiger partial charge in [-0.2, -0.15) is 0 Å². The molecule has 23 heavy (non-hydrogen) atoms. The van der Waals surface area contributed by atoms with E-state index in [0.717, 1.165) is 30.5 Å². The van der Waals surface area contributed by atoms with E-state index in [-0.39, 0.29) is 16.1 Å². The first-order chi connectivity index (χ1) is 11.0. The second-order valence-corrected chi connectivity index (χ2v) is 6.70. The maximum atomic E-state index is 12.4. The minimum Gasteiger partial charge on any atom is -0.325 e. The number of aryl methyl sites for hydroxylation is 1. The molecule has 4 nitrogen and oxygen atoms in total. The molecule has 0 fully saturated rings. The largest absolute Gasteiger partial charge is 0.325 e. The number of pyridine rings is 1. The summed E-state index contributed by atoms with van der Waals surface area (Å²) >= 11 is 12.0. The number of rotatable bonds is 2. The molecule has 0 spiro atoms. The van der Waals surface area contributed by atoms with E-state index >= 15 is 0 Å². The Balaban J connectivity index is 1.92. The SMILES string of the molecule is CC1CCc2[nH]c(=O)c(C(=O)Nc3cccc(Cl)c3Cl)cc2C1. The summed E-state index contributed by atoms with van der Waals surface area (Å²) < 4.78 is 0. The van der Waals surface area contributed by atoms with Crippen LogP contribution in [0.2, 0.25) is 10.0 Å². The van der Waals surface area contributed by atoms with Crippen LogP contribution in [0, 0.1) is 5.92 Å². The number of H-pyrrole nitrogens is 1. The average molecular weight is 351 g/mol. The van der Waals surface area contributed by atoms with Gasteiger partial charge in [0.05, 0.1) is 15.7 Å². The first-order valence-corrected chi connectivity index (χ1v) is 8.21. The fraction of sp³-hybridized carbons (Fsp3) is 0.294. The Labute approximate surface area is 143 Å². The predicted molar refractivity (Wildman–Crippen MR) is 92.7 cm³/mol. The lowest BCUT2D eigenvalue weighted by Crippen LogP contribution is -2.27. The van der Waals surface area contributed by atoms with Gasteiger partial charge in [0.15, 0.2) is 0 Å². The van der Waals surface area contributed by atoms with E-state index in [1.54, 1.807) is 24.3 Å². The van der Waals surface area contributed by atoms with Crippen LogP contribution in [-0.2, 0) is 12.8 Å². The number of fused-ring (bicyclic) bond motifs is 1. The van der Waals surface area contributed by atoms with E-state index in [9.17, 15) is 9.59 Å². The number of aromatic amines is 1. The second-order valence-electron chi connectivity index (χ2n) is 5.92. The van der Waals surface area contributed by atoms with Crippen LogP contribution in [0.25, 0.3) is 0 Å². The van der Waals surface area contributed by atoms with E-state index in [0.29, 0.717) is 16.6 Å². The molecule has 1 aliphatic rings. The highest BCUT2D eigenvalue weighted by Gasteiger charge is 2.20. The summed E-state index contributed by atoms with van der Waals surface area (Å²) in [5.74, 6) is 0.0585. The summed E-state index contributed by atoms with van der Waals surface area (Å²) in [4.78, 5) is 27.4. The summed E-state index contributed by atoms with van der Waals surface area (Å²) in [6.07, 6.45) is 2.75. The normalized spacial score (nSPS) is 16.7. The van der Waals surface area contributed by atoms with Crippen molar-refractivity contribution in [3.63, 3.8) is 0 Å². The number of aromatic nitrogens is 1. The maximum absolute atomic E-state index is 12.4. The molecule has 0 bridgehead atoms. The molecule has 1 unspecified atom stereocenters. The molecule has 2 aromatic rings. The highest BCUT2D eigenvalue weighted by atomic mass is 35.5. The van der Waals surface area contributed by atoms with Gasteiger partial charge in [-0.1, -0.05) is 36.2 Å². The summed E-state index contributed by atoms with van der Waals surface area (Å²) in [6.45, 7) is 2.17. The third-order valence-electron chi connectivity index (χ3n) is 4.12. The molecule has 0 saturated heterocycles. The average Bonchev–Trinajstić information content (AvgIpc) is 2.51. The van der Waals surface area contributed by atoms with E-state index in [1.165, 1.54) is 0 Å². The van der Waals surface area contributed by atoms with Crippen molar-refractivity contribution in [1.29, 1.82) is 0 Å². The van der Waals surface area contributed by atoms with Crippen LogP contribution in [0.4, 0.5) is 5.69 Å². The quantitative estimate of drug-likeness (QED) is 0.857. The van der Waals surface area contributed by atoms with E-state index in [2.05, 4.69) is 17.2 Å². The monoisotopic (exact) mass is 350 g/mol. The van der Waals surface area contributed by atoms with Gasteiger partial charge in [0.25, 0.3) is 11.5 Å². The number of hydrogen-bond donors (Lipinski definition) is 2. The van der Waals surface area contributed by atoms with Gasteiger partial charge in [-0.15, -0.1) is 0 Å². The minimum atomic E-state index is -0.489. The molecule has 1 aliphatic carbocycles. The number of halogens is 2. The van der Waals surface area contributed by atoms with Gasteiger partial charge >= 0.3 is 0 Å². The fourth-order valence-electron chi connectivity index (χ4n) is 2.84. The molecule has 1 amide bonds. The van der Waals surface area contributed by atoms with Gasteiger partial charge in [-0.3, -0.25) is 9.59 Å². The molecule has 1 aromatic carbocycles. The molecule has 1 aromatic heterocycles. The number of amides is 1. The van der Waals surface area contributed by atoms with Crippen molar-refractivity contribution in [3.8, 4) is 0 Å². The van der Waals surface area contributed by atoms with Crippen molar-refractivity contribution in [2.75, 3.05) is 5.32 Å². The third kappa shape index (κ3) is 3.28. The van der Waals surface area contributed by atoms with Crippen LogP contribution >= 0.6 is 23.2 Å². The maximum Gasteiger partial charge on any atom is 0.261 e. The predicted octanol–water partition coefficient (Wildman–Crippen LogP) is 4.06. The van der Waals surface area contributed by atoms with Crippen LogP contribution in [0.3, 0.4) is 0 Å². The summed E-state index contributed by atoms with van der Waals surface area (Å²) in [5, 5.41) is 3.25. The van der Waals surface area contributed by atoms with Crippen LogP contribution in [0.5, 0.6) is 0 Å². The molecule has 2 N–H and O–H groups in total. The smallest absolute Gasteiger partial charge is 0.261 e. The minimum absolute atomic E-state index is 0.0916. The second kappa shape index (κ2) is 6.38. The summed E-state index contributed by atoms with van der Waals surface area (Å²) in [5.41, 5.74) is 2.06. The molecule has 1 atom stereocenters. The van der Waals surface area contributed by atoms with Gasteiger partial charge < -0.3 is 10.3 Å². The molecular weight excluding hydrogens is 335 g/mol. The first kappa shape index (κ1) is 16.1. The molecule has 0 radical (unpaired) electrons. The topological polar surface area (TPSA) is 62.0 Å². The molecule has 1 heterocycles. The Hall–Kier alpha value is -1.78. The van der Waals surface area contributed by atoms with Gasteiger partial charge in [-0.05, 0) is 48.9 Å². The molecule has 120 valence electrons. The van der Waals surface area contributed by atoms with Crippen LogP contribution < -0.4 is 10.9 Å². The highest BCUT2D eigenvalue weighted by Crippen LogP contribution is 2.30. The zero-order valence-corrected chi connectivity index (χ0v) is 14.1. The van der Waals surface area contributed by atoms with Gasteiger partial charge in [0, 0.05) is 5.69 Å². The lowest BCUT2D eigenvalue weighted by atomic mass is 9.87. The number of anilines is 1. The molecule has 3 rings (SSSR count). The number of benzene rings is 1. The number of carbonyl (C=O) groups is 1. The van der Waals surface area contributed by atoms with Crippen molar-refractivity contribution in [1.82, 2.24) is 4.98 Å². The molecular formula is C17H16Cl2N2O2. The Kier molecular flexibility index (Phi) is 4.46. The zero-order chi connectivity index (χ0) is 16.6. The number of hydrogen-bond acceptors (Lipinski definition) is 2. The van der Waals surface area contributed by atoms with E-state index in [1.807, 2.05) is 0 Å². The highest BCUT2D eigenvalue weighted by molar-refractivity contribution is 6.44. The van der Waals surface area contributed by atoms with Crippen molar-refractivity contribution in [2.45, 2.75) is 26.2 Å². The number of nitrogens with one attached hydrogen (secondary N) is 2. The van der Waals surface area contributed by atoms with Crippen molar-refractivity contribution < 1.29 is 4.79 Å². The van der Waals surface area contributed by atoms with Gasteiger partial charge in [0.2, 0.25) is 0 Å². The van der Waals surface area contributed by atoms with Gasteiger partial charge in [0.1, 0.15) is 5.56 Å². The first-order valence-electron chi connectivity index (χ1n) is 7.46. The zero-order valence-electron chi connectivity index (χ0n) is 12.6. The Morgan fingerprint density at radius 2 is 2.13 bits per heavy atom. The van der Waals surface area contributed by atoms with Crippen LogP contribution in [0.15, 0.2) is 29.1 Å². The van der Waals surface area contributed by atoms with Crippen LogP contribution in [0.1, 0.15) is 35.0 Å². The standard InChI is InChI=1S/C17H16Cl2N2O2/c1-9-5-6-13-10(7-9)8-11(16(22)20-13)17(23)21-14-4-2-3-12(18)15(14)19/h2-4,8-9H,5-7H2,1H3,(H,20,22)(H,21,23). The van der Waals surface area contributed by atoms with Crippen LogP contribution in [-0.4, -0.2) is 10.9 Å². The van der Waals surface area contributed by atoms with Crippen molar-refractivity contribution >= 4 is 34.8 Å². The summed E-state index contributed by atoms with van der Waals surface area (Å²) in [7, 11) is 0. The third-order valence-corrected chi connectivity index (χ3v) is 4.93. The molecule has 6 heteroatoms. The van der Waals surface area contributed by atoms with E-state index in [4.69, 9.17) is 23.2 Å². The van der Waals surface area contributed by atoms with Gasteiger partial charge in [-0.25, -0.2) is 0 Å². The number of carbonyl (C=O) groups excluding carboxylic acids is 1.